The van der Waals surface area contributed by atoms with Gasteiger partial charge in [-0.05, 0) is 36.1 Å². The van der Waals surface area contributed by atoms with E-state index in [9.17, 15) is 4.79 Å². The van der Waals surface area contributed by atoms with Crippen LogP contribution >= 0.6 is 0 Å². The van der Waals surface area contributed by atoms with Crippen LogP contribution < -0.4 is 15.6 Å². The first-order valence-electron chi connectivity index (χ1n) is 10.8. The summed E-state index contributed by atoms with van der Waals surface area (Å²) in [5, 5.41) is 9.39. The van der Waals surface area contributed by atoms with E-state index in [0.717, 1.165) is 23.2 Å². The van der Waals surface area contributed by atoms with E-state index >= 15 is 0 Å². The third-order valence-electron chi connectivity index (χ3n) is 6.65. The number of rotatable bonds is 4. The van der Waals surface area contributed by atoms with Crippen LogP contribution in [0.1, 0.15) is 35.7 Å². The van der Waals surface area contributed by atoms with Crippen LogP contribution in [0, 0.1) is 0 Å². The lowest BCUT2D eigenvalue weighted by Crippen LogP contribution is -2.32. The lowest BCUT2D eigenvalue weighted by molar-refractivity contribution is 0.303. The molecule has 4 heterocycles. The Labute approximate surface area is 180 Å². The van der Waals surface area contributed by atoms with E-state index in [1.165, 1.54) is 40.2 Å². The quantitative estimate of drug-likeness (QED) is 0.556. The van der Waals surface area contributed by atoms with E-state index in [4.69, 9.17) is 4.74 Å². The Morgan fingerprint density at radius 3 is 2.84 bits per heavy atom. The monoisotopic (exact) mass is 412 g/mol. The highest BCUT2D eigenvalue weighted by Crippen LogP contribution is 2.41. The summed E-state index contributed by atoms with van der Waals surface area (Å²) in [7, 11) is 2.13. The molecule has 0 radical (unpaired) electrons. The molecule has 0 spiro atoms. The summed E-state index contributed by atoms with van der Waals surface area (Å²) in [5.74, 6) is 0.475. The van der Waals surface area contributed by atoms with E-state index in [1.807, 2.05) is 36.4 Å². The van der Waals surface area contributed by atoms with Crippen LogP contribution in [-0.4, -0.2) is 20.4 Å². The fourth-order valence-electron chi connectivity index (χ4n) is 5.12. The number of ether oxygens (including phenoxy) is 1. The van der Waals surface area contributed by atoms with Gasteiger partial charge in [0.15, 0.2) is 0 Å². The minimum Gasteiger partial charge on any atom is -0.487 e. The highest BCUT2D eigenvalue weighted by Gasteiger charge is 2.35. The average molecular weight is 412 g/mol. The van der Waals surface area contributed by atoms with Gasteiger partial charge in [0.05, 0.1) is 17.4 Å². The second-order valence-electron chi connectivity index (χ2n) is 8.53. The summed E-state index contributed by atoms with van der Waals surface area (Å²) in [4.78, 5) is 12.8. The second kappa shape index (κ2) is 7.10. The van der Waals surface area contributed by atoms with E-state index in [1.54, 1.807) is 6.20 Å². The van der Waals surface area contributed by atoms with Crippen molar-refractivity contribution in [3.05, 3.63) is 88.0 Å². The molecule has 2 aliphatic rings. The van der Waals surface area contributed by atoms with E-state index in [2.05, 4.69) is 34.2 Å². The van der Waals surface area contributed by atoms with Gasteiger partial charge in [-0.3, -0.25) is 4.79 Å². The topological polar surface area (TPSA) is 61.1 Å². The lowest BCUT2D eigenvalue weighted by Gasteiger charge is -2.23. The molecule has 2 atom stereocenters. The standard InChI is InChI=1S/C25H24N4O2/c1-28-22-12-18(8-9-20(22)25-21-10-7-17(27-21)11-23(25)28)29-24(30)13-19(14-26-29)31-15-16-5-3-2-4-6-16/h2-6,8-9,12-14,17,21,27H,7,10-11,15H2,1H3. The van der Waals surface area contributed by atoms with Crippen molar-refractivity contribution in [2.24, 2.45) is 7.05 Å². The minimum atomic E-state index is -0.204. The first-order valence-corrected chi connectivity index (χ1v) is 10.8. The Balaban J connectivity index is 1.32. The maximum Gasteiger partial charge on any atom is 0.275 e. The van der Waals surface area contributed by atoms with Crippen molar-refractivity contribution in [2.45, 2.75) is 38.0 Å². The van der Waals surface area contributed by atoms with E-state index < -0.39 is 0 Å². The average Bonchev–Trinajstić information content (AvgIpc) is 3.31. The number of hydrogen-bond acceptors (Lipinski definition) is 4. The molecular weight excluding hydrogens is 388 g/mol. The van der Waals surface area contributed by atoms with Crippen LogP contribution in [0.5, 0.6) is 5.75 Å². The molecule has 1 saturated heterocycles. The fraction of sp³-hybridized carbons (Fsp3) is 0.280. The number of aromatic nitrogens is 3. The van der Waals surface area contributed by atoms with E-state index in [0.29, 0.717) is 24.4 Å². The zero-order chi connectivity index (χ0) is 20.9. The van der Waals surface area contributed by atoms with Gasteiger partial charge in [0.2, 0.25) is 0 Å². The maximum atomic E-state index is 12.8. The van der Waals surface area contributed by atoms with Crippen LogP contribution in [0.15, 0.2) is 65.6 Å². The van der Waals surface area contributed by atoms with Crippen LogP contribution in [-0.2, 0) is 20.1 Å². The minimum absolute atomic E-state index is 0.204. The van der Waals surface area contributed by atoms with Gasteiger partial charge in [-0.2, -0.15) is 9.78 Å². The predicted octanol–water partition coefficient (Wildman–Crippen LogP) is 3.65. The molecule has 2 aromatic heterocycles. The van der Waals surface area contributed by atoms with Crippen molar-refractivity contribution in [2.75, 3.05) is 0 Å². The largest absolute Gasteiger partial charge is 0.487 e. The summed E-state index contributed by atoms with van der Waals surface area (Å²) >= 11 is 0. The van der Waals surface area contributed by atoms with Gasteiger partial charge in [0.1, 0.15) is 12.4 Å². The molecule has 156 valence electrons. The fourth-order valence-corrected chi connectivity index (χ4v) is 5.12. The Kier molecular flexibility index (Phi) is 4.21. The highest BCUT2D eigenvalue weighted by atomic mass is 16.5. The Hall–Kier alpha value is -3.38. The van der Waals surface area contributed by atoms with Crippen LogP contribution in [0.3, 0.4) is 0 Å². The number of nitrogens with zero attached hydrogens (tertiary/aromatic N) is 3. The summed E-state index contributed by atoms with van der Waals surface area (Å²) < 4.78 is 9.48. The second-order valence-corrected chi connectivity index (χ2v) is 8.53. The Morgan fingerprint density at radius 2 is 2.00 bits per heavy atom. The van der Waals surface area contributed by atoms with Gasteiger partial charge >= 0.3 is 0 Å². The molecule has 0 amide bonds. The number of benzene rings is 2. The van der Waals surface area contributed by atoms with Crippen molar-refractivity contribution >= 4 is 10.9 Å². The zero-order valence-electron chi connectivity index (χ0n) is 17.4. The molecule has 31 heavy (non-hydrogen) atoms. The maximum absolute atomic E-state index is 12.8. The van der Waals surface area contributed by atoms with Gasteiger partial charge in [-0.15, -0.1) is 0 Å². The summed E-state index contributed by atoms with van der Waals surface area (Å²) in [6, 6.07) is 18.6. The van der Waals surface area contributed by atoms with Gasteiger partial charge in [0.25, 0.3) is 5.56 Å². The normalized spacial score (nSPS) is 19.5. The SMILES string of the molecule is Cn1c2c(c3ccc(-n4ncc(OCc5ccccc5)cc4=O)cc31)C1CCC(C2)N1. The summed E-state index contributed by atoms with van der Waals surface area (Å²) in [6.45, 7) is 0.406. The van der Waals surface area contributed by atoms with Crippen molar-refractivity contribution in [1.82, 2.24) is 19.7 Å². The third-order valence-corrected chi connectivity index (χ3v) is 6.65. The number of nitrogens with one attached hydrogen (secondary N) is 1. The first kappa shape index (κ1) is 18.4. The molecule has 6 rings (SSSR count). The zero-order valence-corrected chi connectivity index (χ0v) is 17.4. The van der Waals surface area contributed by atoms with Gasteiger partial charge < -0.3 is 14.6 Å². The number of hydrogen-bond donors (Lipinski definition) is 1. The summed E-state index contributed by atoms with van der Waals surface area (Å²) in [5.41, 5.74) is 5.61. The summed E-state index contributed by atoms with van der Waals surface area (Å²) in [6.07, 6.45) is 5.12. The molecule has 6 heteroatoms. The molecule has 0 saturated carbocycles. The van der Waals surface area contributed by atoms with Crippen LogP contribution in [0.2, 0.25) is 0 Å². The van der Waals surface area contributed by atoms with Crippen molar-refractivity contribution < 1.29 is 4.74 Å². The van der Waals surface area contributed by atoms with Crippen molar-refractivity contribution in [3.8, 4) is 11.4 Å². The number of fused-ring (bicyclic) bond motifs is 6. The predicted molar refractivity (Wildman–Crippen MR) is 120 cm³/mol. The number of aryl methyl sites for hydroxylation is 1. The smallest absolute Gasteiger partial charge is 0.275 e. The lowest BCUT2D eigenvalue weighted by atomic mass is 9.99. The molecule has 0 aliphatic carbocycles. The molecule has 4 aromatic rings. The molecule has 6 nitrogen and oxygen atoms in total. The molecule has 2 aromatic carbocycles. The highest BCUT2D eigenvalue weighted by molar-refractivity contribution is 5.88. The van der Waals surface area contributed by atoms with E-state index in [-0.39, 0.29) is 5.56 Å². The Morgan fingerprint density at radius 1 is 1.13 bits per heavy atom. The van der Waals surface area contributed by atoms with Crippen LogP contribution in [0.25, 0.3) is 16.6 Å². The third kappa shape index (κ3) is 3.06. The molecule has 2 aliphatic heterocycles. The van der Waals surface area contributed by atoms with Gasteiger partial charge in [-0.25, -0.2) is 0 Å². The molecule has 2 bridgehead atoms. The molecule has 1 N–H and O–H groups in total. The van der Waals surface area contributed by atoms with Gasteiger partial charge in [-0.1, -0.05) is 36.4 Å². The molecule has 2 unspecified atom stereocenters. The van der Waals surface area contributed by atoms with Crippen LogP contribution in [0.4, 0.5) is 0 Å². The van der Waals surface area contributed by atoms with Crippen molar-refractivity contribution in [1.29, 1.82) is 0 Å². The molecular formula is C25H24N4O2. The first-order chi connectivity index (χ1) is 15.2. The van der Waals surface area contributed by atoms with Crippen molar-refractivity contribution in [3.63, 3.8) is 0 Å². The van der Waals surface area contributed by atoms with Gasteiger partial charge in [0, 0.05) is 42.7 Å². The molecule has 1 fully saturated rings. The Bertz CT molecular complexity index is 1340.